The molecule has 20 heavy (non-hydrogen) atoms. The molecule has 0 bridgehead atoms. The molecule has 0 atom stereocenters. The van der Waals surface area contributed by atoms with Crippen LogP contribution in [-0.2, 0) is 11.3 Å². The SMILES string of the molecule is CCOc1cccc(CNC(=O)C(CC)(CC)CN)c1. The maximum Gasteiger partial charge on any atom is 0.227 e. The van der Waals surface area contributed by atoms with Crippen molar-refractivity contribution < 1.29 is 9.53 Å². The lowest BCUT2D eigenvalue weighted by Gasteiger charge is -2.28. The summed E-state index contributed by atoms with van der Waals surface area (Å²) in [4.78, 5) is 12.3. The van der Waals surface area contributed by atoms with Gasteiger partial charge in [0.25, 0.3) is 0 Å². The van der Waals surface area contributed by atoms with Crippen LogP contribution in [0.25, 0.3) is 0 Å². The maximum absolute atomic E-state index is 12.3. The fraction of sp³-hybridized carbons (Fsp3) is 0.562. The summed E-state index contributed by atoms with van der Waals surface area (Å²) in [6.07, 6.45) is 1.51. The molecule has 1 amide bonds. The first-order chi connectivity index (χ1) is 9.61. The van der Waals surface area contributed by atoms with Crippen LogP contribution in [0.2, 0.25) is 0 Å². The molecule has 0 radical (unpaired) electrons. The smallest absolute Gasteiger partial charge is 0.227 e. The minimum absolute atomic E-state index is 0.0341. The van der Waals surface area contributed by atoms with Crippen LogP contribution in [0.3, 0.4) is 0 Å². The number of ether oxygens (including phenoxy) is 1. The van der Waals surface area contributed by atoms with Crippen molar-refractivity contribution in [3.63, 3.8) is 0 Å². The molecule has 0 aliphatic heterocycles. The number of nitrogens with one attached hydrogen (secondary N) is 1. The molecule has 4 heteroatoms. The summed E-state index contributed by atoms with van der Waals surface area (Å²) in [5.74, 6) is 0.863. The molecule has 112 valence electrons. The van der Waals surface area contributed by atoms with Crippen molar-refractivity contribution in [3.05, 3.63) is 29.8 Å². The van der Waals surface area contributed by atoms with Crippen LogP contribution in [0.1, 0.15) is 39.2 Å². The van der Waals surface area contributed by atoms with Gasteiger partial charge in [0.1, 0.15) is 5.75 Å². The average Bonchev–Trinajstić information content (AvgIpc) is 2.48. The van der Waals surface area contributed by atoms with Gasteiger partial charge in [-0.1, -0.05) is 26.0 Å². The average molecular weight is 278 g/mol. The molecular weight excluding hydrogens is 252 g/mol. The van der Waals surface area contributed by atoms with Crippen LogP contribution in [0.15, 0.2) is 24.3 Å². The van der Waals surface area contributed by atoms with E-state index in [0.717, 1.165) is 24.2 Å². The molecule has 0 heterocycles. The van der Waals surface area contributed by atoms with Crippen molar-refractivity contribution in [1.82, 2.24) is 5.32 Å². The molecule has 3 N–H and O–H groups in total. The molecule has 1 rings (SSSR count). The van der Waals surface area contributed by atoms with Crippen LogP contribution in [-0.4, -0.2) is 19.1 Å². The van der Waals surface area contributed by atoms with E-state index < -0.39 is 5.41 Å². The quantitative estimate of drug-likeness (QED) is 0.767. The highest BCUT2D eigenvalue weighted by atomic mass is 16.5. The Hall–Kier alpha value is -1.55. The highest BCUT2D eigenvalue weighted by Gasteiger charge is 2.32. The van der Waals surface area contributed by atoms with Crippen LogP contribution >= 0.6 is 0 Å². The van der Waals surface area contributed by atoms with Gasteiger partial charge < -0.3 is 15.8 Å². The minimum Gasteiger partial charge on any atom is -0.494 e. The zero-order valence-electron chi connectivity index (χ0n) is 12.7. The summed E-state index contributed by atoms with van der Waals surface area (Å²) in [5.41, 5.74) is 6.36. The second-order valence-electron chi connectivity index (χ2n) is 4.95. The van der Waals surface area contributed by atoms with E-state index in [1.807, 2.05) is 45.0 Å². The summed E-state index contributed by atoms with van der Waals surface area (Å²) in [6.45, 7) is 7.48. The van der Waals surface area contributed by atoms with Gasteiger partial charge in [0.05, 0.1) is 12.0 Å². The lowest BCUT2D eigenvalue weighted by molar-refractivity contribution is -0.131. The van der Waals surface area contributed by atoms with E-state index in [9.17, 15) is 4.79 Å². The summed E-state index contributed by atoms with van der Waals surface area (Å²) in [6, 6.07) is 7.77. The van der Waals surface area contributed by atoms with Crippen molar-refractivity contribution >= 4 is 5.91 Å². The summed E-state index contributed by atoms with van der Waals surface area (Å²) < 4.78 is 5.45. The first-order valence-electron chi connectivity index (χ1n) is 7.32. The zero-order valence-corrected chi connectivity index (χ0v) is 12.7. The Morgan fingerprint density at radius 2 is 2.00 bits per heavy atom. The van der Waals surface area contributed by atoms with Crippen molar-refractivity contribution in [2.45, 2.75) is 40.2 Å². The molecule has 0 unspecified atom stereocenters. The Bertz CT molecular complexity index is 420. The lowest BCUT2D eigenvalue weighted by atomic mass is 9.81. The third-order valence-electron chi connectivity index (χ3n) is 3.89. The van der Waals surface area contributed by atoms with Gasteiger partial charge in [0.15, 0.2) is 0 Å². The van der Waals surface area contributed by atoms with E-state index in [-0.39, 0.29) is 5.91 Å². The van der Waals surface area contributed by atoms with Gasteiger partial charge in [-0.05, 0) is 37.5 Å². The van der Waals surface area contributed by atoms with E-state index in [0.29, 0.717) is 19.7 Å². The van der Waals surface area contributed by atoms with Gasteiger partial charge in [-0.15, -0.1) is 0 Å². The molecule has 1 aromatic carbocycles. The second-order valence-corrected chi connectivity index (χ2v) is 4.95. The van der Waals surface area contributed by atoms with E-state index >= 15 is 0 Å². The number of carbonyl (C=O) groups excluding carboxylic acids is 1. The lowest BCUT2D eigenvalue weighted by Crippen LogP contribution is -2.45. The van der Waals surface area contributed by atoms with Gasteiger partial charge in [0.2, 0.25) is 5.91 Å². The fourth-order valence-electron chi connectivity index (χ4n) is 2.23. The van der Waals surface area contributed by atoms with Crippen molar-refractivity contribution in [2.75, 3.05) is 13.2 Å². The van der Waals surface area contributed by atoms with Crippen LogP contribution in [0.4, 0.5) is 0 Å². The highest BCUT2D eigenvalue weighted by Crippen LogP contribution is 2.25. The van der Waals surface area contributed by atoms with Crippen LogP contribution < -0.4 is 15.8 Å². The van der Waals surface area contributed by atoms with Crippen LogP contribution in [0.5, 0.6) is 5.75 Å². The number of nitrogens with two attached hydrogens (primary N) is 1. The summed E-state index contributed by atoms with van der Waals surface area (Å²) >= 11 is 0. The predicted molar refractivity (Wildman–Crippen MR) is 81.5 cm³/mol. The topological polar surface area (TPSA) is 64.3 Å². The molecule has 1 aromatic rings. The molecule has 0 aromatic heterocycles. The fourth-order valence-corrected chi connectivity index (χ4v) is 2.23. The number of carbonyl (C=O) groups is 1. The maximum atomic E-state index is 12.3. The first kappa shape index (κ1) is 16.5. The van der Waals surface area contributed by atoms with E-state index in [1.54, 1.807) is 0 Å². The molecule has 0 saturated carbocycles. The van der Waals surface area contributed by atoms with Gasteiger partial charge in [-0.3, -0.25) is 4.79 Å². The Labute approximate surface area is 121 Å². The molecule has 0 spiro atoms. The molecule has 4 nitrogen and oxygen atoms in total. The summed E-state index contributed by atoms with van der Waals surface area (Å²) in [7, 11) is 0. The van der Waals surface area contributed by atoms with Crippen molar-refractivity contribution in [1.29, 1.82) is 0 Å². The molecular formula is C16H26N2O2. The standard InChI is InChI=1S/C16H26N2O2/c1-4-16(5-2,12-17)15(19)18-11-13-8-7-9-14(10-13)20-6-3/h7-10H,4-6,11-12,17H2,1-3H3,(H,18,19). The Morgan fingerprint density at radius 1 is 1.30 bits per heavy atom. The molecule has 0 aliphatic rings. The predicted octanol–water partition coefficient (Wildman–Crippen LogP) is 2.47. The van der Waals surface area contributed by atoms with E-state index in [2.05, 4.69) is 5.32 Å². The van der Waals surface area contributed by atoms with Gasteiger partial charge in [-0.25, -0.2) is 0 Å². The Kier molecular flexibility index (Phi) is 6.52. The molecule has 0 fully saturated rings. The molecule has 0 aliphatic carbocycles. The number of amides is 1. The zero-order chi connectivity index (χ0) is 15.0. The first-order valence-corrected chi connectivity index (χ1v) is 7.32. The van der Waals surface area contributed by atoms with Gasteiger partial charge in [0, 0.05) is 13.1 Å². The third kappa shape index (κ3) is 3.97. The number of benzene rings is 1. The number of hydrogen-bond donors (Lipinski definition) is 2. The summed E-state index contributed by atoms with van der Waals surface area (Å²) in [5, 5.41) is 2.99. The van der Waals surface area contributed by atoms with Crippen LogP contribution in [0, 0.1) is 5.41 Å². The van der Waals surface area contributed by atoms with Crippen molar-refractivity contribution in [3.8, 4) is 5.75 Å². The van der Waals surface area contributed by atoms with Gasteiger partial charge in [-0.2, -0.15) is 0 Å². The largest absolute Gasteiger partial charge is 0.494 e. The van der Waals surface area contributed by atoms with Crippen molar-refractivity contribution in [2.24, 2.45) is 11.1 Å². The monoisotopic (exact) mass is 278 g/mol. The van der Waals surface area contributed by atoms with Gasteiger partial charge >= 0.3 is 0 Å². The third-order valence-corrected chi connectivity index (χ3v) is 3.89. The minimum atomic E-state index is -0.447. The number of hydrogen-bond acceptors (Lipinski definition) is 3. The normalized spacial score (nSPS) is 11.2. The van der Waals surface area contributed by atoms with E-state index in [4.69, 9.17) is 10.5 Å². The van der Waals surface area contributed by atoms with E-state index in [1.165, 1.54) is 0 Å². The number of rotatable bonds is 8. The Morgan fingerprint density at radius 3 is 2.55 bits per heavy atom. The molecule has 0 saturated heterocycles. The highest BCUT2D eigenvalue weighted by molar-refractivity contribution is 5.82. The second kappa shape index (κ2) is 7.90. The Balaban J connectivity index is 2.66.